The summed E-state index contributed by atoms with van der Waals surface area (Å²) in [5, 5.41) is 3.39. The Bertz CT molecular complexity index is 367. The number of hydrogen-bond acceptors (Lipinski definition) is 2. The summed E-state index contributed by atoms with van der Waals surface area (Å²) >= 11 is 0. The second-order valence-corrected chi connectivity index (χ2v) is 4.85. The van der Waals surface area contributed by atoms with Gasteiger partial charge in [-0.1, -0.05) is 13.0 Å². The van der Waals surface area contributed by atoms with Gasteiger partial charge in [0.25, 0.3) is 0 Å². The summed E-state index contributed by atoms with van der Waals surface area (Å²) in [5.41, 5.74) is 0.562. The van der Waals surface area contributed by atoms with Crippen LogP contribution in [0.25, 0.3) is 0 Å². The molecule has 0 amide bonds. The smallest absolute Gasteiger partial charge is 0.129 e. The summed E-state index contributed by atoms with van der Waals surface area (Å²) in [4.78, 5) is 2.06. The van der Waals surface area contributed by atoms with Crippen molar-refractivity contribution in [2.24, 2.45) is 0 Å². The molecule has 0 fully saturated rings. The standard InChI is InChI=1S/C14H22F2N2/c1-4-7-17-13(10-18(2)3)8-11-5-6-12(15)9-14(11)16/h5-6,9,13,17H,4,7-8,10H2,1-3H3. The van der Waals surface area contributed by atoms with E-state index in [2.05, 4.69) is 17.1 Å². The van der Waals surface area contributed by atoms with E-state index in [9.17, 15) is 8.78 Å². The van der Waals surface area contributed by atoms with Crippen LogP contribution in [0.15, 0.2) is 18.2 Å². The van der Waals surface area contributed by atoms with E-state index in [1.165, 1.54) is 12.1 Å². The molecule has 4 heteroatoms. The maximum absolute atomic E-state index is 13.6. The molecule has 2 nitrogen and oxygen atoms in total. The van der Waals surface area contributed by atoms with Gasteiger partial charge in [0.15, 0.2) is 0 Å². The Morgan fingerprint density at radius 2 is 2.00 bits per heavy atom. The fourth-order valence-corrected chi connectivity index (χ4v) is 1.94. The average molecular weight is 256 g/mol. The Morgan fingerprint density at radius 3 is 2.56 bits per heavy atom. The highest BCUT2D eigenvalue weighted by atomic mass is 19.1. The molecule has 0 aromatic heterocycles. The van der Waals surface area contributed by atoms with Crippen molar-refractivity contribution in [3.63, 3.8) is 0 Å². The Kier molecular flexibility index (Phi) is 6.22. The monoisotopic (exact) mass is 256 g/mol. The first-order valence-corrected chi connectivity index (χ1v) is 6.35. The predicted molar refractivity (Wildman–Crippen MR) is 70.7 cm³/mol. The number of benzene rings is 1. The first kappa shape index (κ1) is 15.1. The molecule has 102 valence electrons. The highest BCUT2D eigenvalue weighted by Crippen LogP contribution is 2.12. The molecule has 0 radical (unpaired) electrons. The van der Waals surface area contributed by atoms with Crippen LogP contribution < -0.4 is 5.32 Å². The molecule has 0 aliphatic rings. The van der Waals surface area contributed by atoms with Crippen molar-refractivity contribution in [3.05, 3.63) is 35.4 Å². The first-order valence-electron chi connectivity index (χ1n) is 6.35. The zero-order chi connectivity index (χ0) is 13.5. The normalized spacial score (nSPS) is 13.0. The number of nitrogens with one attached hydrogen (secondary N) is 1. The van der Waals surface area contributed by atoms with Crippen LogP contribution in [0.2, 0.25) is 0 Å². The Balaban J connectivity index is 2.68. The molecule has 0 saturated carbocycles. The molecule has 1 unspecified atom stereocenters. The highest BCUT2D eigenvalue weighted by Gasteiger charge is 2.13. The van der Waals surface area contributed by atoms with Crippen LogP contribution >= 0.6 is 0 Å². The number of halogens is 2. The molecule has 1 aromatic rings. The van der Waals surface area contributed by atoms with E-state index in [1.807, 2.05) is 14.1 Å². The molecular weight excluding hydrogens is 234 g/mol. The van der Waals surface area contributed by atoms with E-state index >= 15 is 0 Å². The summed E-state index contributed by atoms with van der Waals surface area (Å²) in [5.74, 6) is -0.987. The summed E-state index contributed by atoms with van der Waals surface area (Å²) in [6, 6.07) is 3.97. The van der Waals surface area contributed by atoms with Gasteiger partial charge in [-0.2, -0.15) is 0 Å². The van der Waals surface area contributed by atoms with Crippen LogP contribution in [0, 0.1) is 11.6 Å². The number of nitrogens with zero attached hydrogens (tertiary/aromatic N) is 1. The SMILES string of the molecule is CCCNC(Cc1ccc(F)cc1F)CN(C)C. The minimum Gasteiger partial charge on any atom is -0.312 e. The van der Waals surface area contributed by atoms with Gasteiger partial charge in [-0.25, -0.2) is 8.78 Å². The molecule has 0 spiro atoms. The predicted octanol–water partition coefficient (Wildman–Crippen LogP) is 2.44. The highest BCUT2D eigenvalue weighted by molar-refractivity contribution is 5.19. The second-order valence-electron chi connectivity index (χ2n) is 4.85. The van der Waals surface area contributed by atoms with E-state index in [1.54, 1.807) is 0 Å². The summed E-state index contributed by atoms with van der Waals surface area (Å²) in [6.45, 7) is 3.83. The molecule has 1 rings (SSSR count). The van der Waals surface area contributed by atoms with Gasteiger partial charge >= 0.3 is 0 Å². The lowest BCUT2D eigenvalue weighted by Gasteiger charge is -2.22. The Labute approximate surface area is 108 Å². The average Bonchev–Trinajstić information content (AvgIpc) is 2.29. The van der Waals surface area contributed by atoms with Gasteiger partial charge in [-0.15, -0.1) is 0 Å². The minimum absolute atomic E-state index is 0.180. The minimum atomic E-state index is -0.526. The van der Waals surface area contributed by atoms with Gasteiger partial charge in [0.1, 0.15) is 11.6 Å². The fourth-order valence-electron chi connectivity index (χ4n) is 1.94. The lowest BCUT2D eigenvalue weighted by molar-refractivity contribution is 0.334. The van der Waals surface area contributed by atoms with Crippen LogP contribution in [-0.4, -0.2) is 38.1 Å². The molecule has 0 bridgehead atoms. The Hall–Kier alpha value is -1.00. The first-order chi connectivity index (χ1) is 8.52. The van der Waals surface area contributed by atoms with E-state index in [4.69, 9.17) is 0 Å². The number of likely N-dealkylation sites (N-methyl/N-ethyl adjacent to an activating group) is 1. The number of rotatable bonds is 7. The molecule has 1 N–H and O–H groups in total. The van der Waals surface area contributed by atoms with Crippen molar-refractivity contribution in [1.29, 1.82) is 0 Å². The summed E-state index contributed by atoms with van der Waals surface area (Å²) in [6.07, 6.45) is 1.61. The van der Waals surface area contributed by atoms with Crippen LogP contribution in [0.3, 0.4) is 0 Å². The van der Waals surface area contributed by atoms with E-state index < -0.39 is 11.6 Å². The van der Waals surface area contributed by atoms with Crippen LogP contribution in [0.4, 0.5) is 8.78 Å². The van der Waals surface area contributed by atoms with Crippen LogP contribution in [0.5, 0.6) is 0 Å². The quantitative estimate of drug-likeness (QED) is 0.806. The zero-order valence-corrected chi connectivity index (χ0v) is 11.3. The molecule has 0 aliphatic carbocycles. The summed E-state index contributed by atoms with van der Waals surface area (Å²) < 4.78 is 26.4. The molecule has 1 aromatic carbocycles. The van der Waals surface area contributed by atoms with Crippen LogP contribution in [0.1, 0.15) is 18.9 Å². The van der Waals surface area contributed by atoms with Crippen molar-refractivity contribution >= 4 is 0 Å². The molecule has 1 atom stereocenters. The van der Waals surface area contributed by atoms with Gasteiger partial charge in [0.2, 0.25) is 0 Å². The number of hydrogen-bond donors (Lipinski definition) is 1. The summed E-state index contributed by atoms with van der Waals surface area (Å²) in [7, 11) is 3.98. The maximum Gasteiger partial charge on any atom is 0.129 e. The van der Waals surface area contributed by atoms with Gasteiger partial charge in [0.05, 0.1) is 0 Å². The zero-order valence-electron chi connectivity index (χ0n) is 11.3. The van der Waals surface area contributed by atoms with E-state index in [0.717, 1.165) is 25.6 Å². The lowest BCUT2D eigenvalue weighted by Crippen LogP contribution is -2.40. The maximum atomic E-state index is 13.6. The molecule has 18 heavy (non-hydrogen) atoms. The Morgan fingerprint density at radius 1 is 1.28 bits per heavy atom. The van der Waals surface area contributed by atoms with Gasteiger partial charge in [0, 0.05) is 18.7 Å². The van der Waals surface area contributed by atoms with E-state index in [-0.39, 0.29) is 6.04 Å². The van der Waals surface area contributed by atoms with Crippen molar-refractivity contribution < 1.29 is 8.78 Å². The third-order valence-corrected chi connectivity index (χ3v) is 2.75. The molecule has 0 aliphatic heterocycles. The molecule has 0 saturated heterocycles. The third-order valence-electron chi connectivity index (χ3n) is 2.75. The van der Waals surface area contributed by atoms with Gasteiger partial charge in [-0.05, 0) is 45.1 Å². The van der Waals surface area contributed by atoms with Crippen molar-refractivity contribution in [1.82, 2.24) is 10.2 Å². The fraction of sp³-hybridized carbons (Fsp3) is 0.571. The van der Waals surface area contributed by atoms with Crippen molar-refractivity contribution in [3.8, 4) is 0 Å². The third kappa shape index (κ3) is 5.10. The van der Waals surface area contributed by atoms with E-state index in [0.29, 0.717) is 12.0 Å². The van der Waals surface area contributed by atoms with Gasteiger partial charge < -0.3 is 10.2 Å². The van der Waals surface area contributed by atoms with Gasteiger partial charge in [-0.3, -0.25) is 0 Å². The molecular formula is C14H22F2N2. The van der Waals surface area contributed by atoms with Crippen LogP contribution in [-0.2, 0) is 6.42 Å². The topological polar surface area (TPSA) is 15.3 Å². The van der Waals surface area contributed by atoms with Crippen molar-refractivity contribution in [2.75, 3.05) is 27.2 Å². The second kappa shape index (κ2) is 7.44. The molecule has 0 heterocycles. The lowest BCUT2D eigenvalue weighted by atomic mass is 10.0. The van der Waals surface area contributed by atoms with Crippen molar-refractivity contribution in [2.45, 2.75) is 25.8 Å². The largest absolute Gasteiger partial charge is 0.312 e.